The third-order valence-corrected chi connectivity index (χ3v) is 3.57. The summed E-state index contributed by atoms with van der Waals surface area (Å²) in [7, 11) is 3.31. The van der Waals surface area contributed by atoms with Gasteiger partial charge in [-0.2, -0.15) is 0 Å². The molecule has 0 bridgehead atoms. The van der Waals surface area contributed by atoms with Crippen LogP contribution in [0.25, 0.3) is 0 Å². The number of methoxy groups -OCH3 is 2. The maximum atomic E-state index is 9.62. The first-order valence-corrected chi connectivity index (χ1v) is 5.60. The van der Waals surface area contributed by atoms with Gasteiger partial charge in [0.05, 0.1) is 20.8 Å². The average molecular weight is 222 g/mol. The van der Waals surface area contributed by atoms with Crippen molar-refractivity contribution in [2.24, 2.45) is 0 Å². The number of hydrogen-bond acceptors (Lipinski definition) is 3. The number of rotatable bonds is 4. The van der Waals surface area contributed by atoms with Crippen LogP contribution in [0.2, 0.25) is 0 Å². The molecule has 0 unspecified atom stereocenters. The van der Waals surface area contributed by atoms with Crippen molar-refractivity contribution >= 4 is 0 Å². The van der Waals surface area contributed by atoms with Gasteiger partial charge in [-0.1, -0.05) is 12.5 Å². The van der Waals surface area contributed by atoms with Crippen molar-refractivity contribution in [3.63, 3.8) is 0 Å². The second-order valence-electron chi connectivity index (χ2n) is 4.33. The maximum Gasteiger partial charge on any atom is 0.126 e. The predicted octanol–water partition coefficient (Wildman–Crippen LogP) is 2.12. The largest absolute Gasteiger partial charge is 0.496 e. The van der Waals surface area contributed by atoms with Crippen LogP contribution in [0.4, 0.5) is 0 Å². The summed E-state index contributed by atoms with van der Waals surface area (Å²) in [6.45, 7) is 0.156. The van der Waals surface area contributed by atoms with Crippen molar-refractivity contribution in [3.05, 3.63) is 23.8 Å². The molecule has 1 N–H and O–H groups in total. The molecule has 1 aliphatic carbocycles. The summed E-state index contributed by atoms with van der Waals surface area (Å²) < 4.78 is 10.8. The fourth-order valence-corrected chi connectivity index (χ4v) is 2.46. The molecule has 88 valence electrons. The zero-order valence-electron chi connectivity index (χ0n) is 9.82. The molecule has 0 amide bonds. The van der Waals surface area contributed by atoms with Crippen LogP contribution in [0.1, 0.15) is 24.8 Å². The summed E-state index contributed by atoms with van der Waals surface area (Å²) in [4.78, 5) is 0. The van der Waals surface area contributed by atoms with E-state index in [0.29, 0.717) is 0 Å². The van der Waals surface area contributed by atoms with Gasteiger partial charge >= 0.3 is 0 Å². The van der Waals surface area contributed by atoms with Crippen LogP contribution in [-0.4, -0.2) is 25.9 Å². The summed E-state index contributed by atoms with van der Waals surface area (Å²) in [5.41, 5.74) is 0.867. The zero-order valence-corrected chi connectivity index (χ0v) is 9.82. The second kappa shape index (κ2) is 4.34. The van der Waals surface area contributed by atoms with Crippen molar-refractivity contribution < 1.29 is 14.6 Å². The Kier molecular flexibility index (Phi) is 3.06. The lowest BCUT2D eigenvalue weighted by Gasteiger charge is -2.42. The Morgan fingerprint density at radius 2 is 1.75 bits per heavy atom. The summed E-state index contributed by atoms with van der Waals surface area (Å²) >= 11 is 0. The van der Waals surface area contributed by atoms with Gasteiger partial charge in [0.1, 0.15) is 11.5 Å². The lowest BCUT2D eigenvalue weighted by molar-refractivity contribution is 0.114. The monoisotopic (exact) mass is 222 g/mol. The molecule has 3 heteroatoms. The van der Waals surface area contributed by atoms with Crippen molar-refractivity contribution in [3.8, 4) is 11.5 Å². The second-order valence-corrected chi connectivity index (χ2v) is 4.33. The third kappa shape index (κ3) is 1.55. The first-order chi connectivity index (χ1) is 7.77. The first-order valence-electron chi connectivity index (χ1n) is 5.60. The molecule has 1 aromatic carbocycles. The van der Waals surface area contributed by atoms with E-state index >= 15 is 0 Å². The Hall–Kier alpha value is -1.22. The van der Waals surface area contributed by atoms with E-state index in [1.54, 1.807) is 14.2 Å². The highest BCUT2D eigenvalue weighted by Crippen LogP contribution is 2.50. The van der Waals surface area contributed by atoms with Crippen LogP contribution in [0.5, 0.6) is 11.5 Å². The molecule has 1 fully saturated rings. The minimum absolute atomic E-state index is 0.155. The Bertz CT molecular complexity index is 342. The van der Waals surface area contributed by atoms with Crippen LogP contribution < -0.4 is 9.47 Å². The molecular weight excluding hydrogens is 204 g/mol. The Balaban J connectivity index is 2.51. The molecule has 1 aromatic rings. The zero-order chi connectivity index (χ0) is 11.6. The van der Waals surface area contributed by atoms with Crippen LogP contribution in [0, 0.1) is 0 Å². The summed E-state index contributed by atoms with van der Waals surface area (Å²) in [5.74, 6) is 1.63. The van der Waals surface area contributed by atoms with Gasteiger partial charge in [-0.25, -0.2) is 0 Å². The van der Waals surface area contributed by atoms with E-state index < -0.39 is 0 Å². The van der Waals surface area contributed by atoms with E-state index in [1.807, 2.05) is 18.2 Å². The topological polar surface area (TPSA) is 38.7 Å². The number of aliphatic hydroxyl groups excluding tert-OH is 1. The van der Waals surface area contributed by atoms with Gasteiger partial charge in [-0.3, -0.25) is 0 Å². The quantitative estimate of drug-likeness (QED) is 0.848. The lowest BCUT2D eigenvalue weighted by atomic mass is 9.64. The number of benzene rings is 1. The molecule has 1 aliphatic rings. The molecule has 0 saturated heterocycles. The van der Waals surface area contributed by atoms with Gasteiger partial charge in [0.2, 0.25) is 0 Å². The molecule has 1 saturated carbocycles. The highest BCUT2D eigenvalue weighted by atomic mass is 16.5. The van der Waals surface area contributed by atoms with Gasteiger partial charge in [0, 0.05) is 11.0 Å². The molecule has 0 aromatic heterocycles. The smallest absolute Gasteiger partial charge is 0.126 e. The summed E-state index contributed by atoms with van der Waals surface area (Å²) in [5, 5.41) is 9.62. The van der Waals surface area contributed by atoms with Gasteiger partial charge in [-0.15, -0.1) is 0 Å². The fraction of sp³-hybridized carbons (Fsp3) is 0.538. The number of ether oxygens (including phenoxy) is 2. The van der Waals surface area contributed by atoms with Crippen LogP contribution >= 0.6 is 0 Å². The van der Waals surface area contributed by atoms with Crippen molar-refractivity contribution in [1.82, 2.24) is 0 Å². The predicted molar refractivity (Wildman–Crippen MR) is 62.2 cm³/mol. The van der Waals surface area contributed by atoms with Crippen LogP contribution in [-0.2, 0) is 5.41 Å². The Labute approximate surface area is 96.0 Å². The van der Waals surface area contributed by atoms with Crippen LogP contribution in [0.15, 0.2) is 18.2 Å². The molecule has 0 radical (unpaired) electrons. The van der Waals surface area contributed by atoms with Crippen molar-refractivity contribution in [2.75, 3.05) is 20.8 Å². The van der Waals surface area contributed by atoms with Crippen molar-refractivity contribution in [1.29, 1.82) is 0 Å². The molecule has 0 aliphatic heterocycles. The molecular formula is C13H18O3. The van der Waals surface area contributed by atoms with Gasteiger partial charge < -0.3 is 14.6 Å². The number of hydrogen-bond donors (Lipinski definition) is 1. The van der Waals surface area contributed by atoms with Crippen LogP contribution in [0.3, 0.4) is 0 Å². The Morgan fingerprint density at radius 3 is 2.06 bits per heavy atom. The minimum Gasteiger partial charge on any atom is -0.496 e. The third-order valence-electron chi connectivity index (χ3n) is 3.57. The molecule has 3 nitrogen and oxygen atoms in total. The summed E-state index contributed by atoms with van der Waals surface area (Å²) in [6, 6.07) is 5.76. The Morgan fingerprint density at radius 1 is 1.19 bits per heavy atom. The molecule has 0 atom stereocenters. The molecule has 0 heterocycles. The molecule has 16 heavy (non-hydrogen) atoms. The highest BCUT2D eigenvalue weighted by molar-refractivity contribution is 5.51. The van der Waals surface area contributed by atoms with Gasteiger partial charge in [-0.05, 0) is 25.0 Å². The lowest BCUT2D eigenvalue weighted by Crippen LogP contribution is -2.38. The van der Waals surface area contributed by atoms with E-state index in [4.69, 9.17) is 9.47 Å². The standard InChI is InChI=1S/C13H18O3/c1-15-10-5-3-6-11(16-2)12(10)13(9-14)7-4-8-13/h3,5-6,14H,4,7-9H2,1-2H3. The maximum absolute atomic E-state index is 9.62. The molecule has 0 spiro atoms. The minimum atomic E-state index is -0.155. The number of aliphatic hydroxyl groups is 1. The van der Waals surface area contributed by atoms with E-state index in [-0.39, 0.29) is 12.0 Å². The SMILES string of the molecule is COc1cccc(OC)c1C1(CO)CCC1. The van der Waals surface area contributed by atoms with Gasteiger partial charge in [0.15, 0.2) is 0 Å². The van der Waals surface area contributed by atoms with Crippen molar-refractivity contribution in [2.45, 2.75) is 24.7 Å². The normalized spacial score (nSPS) is 17.7. The van der Waals surface area contributed by atoms with E-state index in [0.717, 1.165) is 36.3 Å². The first kappa shape index (κ1) is 11.3. The highest BCUT2D eigenvalue weighted by Gasteiger charge is 2.42. The fourth-order valence-electron chi connectivity index (χ4n) is 2.46. The average Bonchev–Trinajstić information content (AvgIpc) is 2.28. The van der Waals surface area contributed by atoms with Gasteiger partial charge in [0.25, 0.3) is 0 Å². The van der Waals surface area contributed by atoms with E-state index in [2.05, 4.69) is 0 Å². The van der Waals surface area contributed by atoms with E-state index in [9.17, 15) is 5.11 Å². The molecule has 2 rings (SSSR count). The van der Waals surface area contributed by atoms with E-state index in [1.165, 1.54) is 0 Å². The summed E-state index contributed by atoms with van der Waals surface area (Å²) in [6.07, 6.45) is 3.15.